The van der Waals surface area contributed by atoms with Crippen LogP contribution >= 0.6 is 0 Å². The van der Waals surface area contributed by atoms with Crippen LogP contribution in [0.2, 0.25) is 0 Å². The van der Waals surface area contributed by atoms with Gasteiger partial charge in [-0.05, 0) is 18.4 Å². The summed E-state index contributed by atoms with van der Waals surface area (Å²) in [5, 5.41) is 31.8. The van der Waals surface area contributed by atoms with E-state index >= 15 is 0 Å². The van der Waals surface area contributed by atoms with Crippen LogP contribution in [-0.2, 0) is 0 Å². The van der Waals surface area contributed by atoms with Gasteiger partial charge in [0.2, 0.25) is 0 Å². The molecule has 116 valence electrons. The molecule has 0 aliphatic heterocycles. The molecule has 0 saturated carbocycles. The molecule has 1 aromatic rings. The van der Waals surface area contributed by atoms with E-state index < -0.39 is 34.0 Å². The minimum absolute atomic E-state index is 0.126. The third-order valence-corrected chi connectivity index (χ3v) is 2.85. The number of carboxylic acid groups (broad SMARTS) is 1. The van der Waals surface area contributed by atoms with Gasteiger partial charge in [-0.25, -0.2) is 9.18 Å². The normalized spacial score (nSPS) is 12.2. The molecule has 0 amide bonds. The maximum atomic E-state index is 13.5. The number of aliphatic hydroxyl groups excluding tert-OH is 1. The lowest BCUT2D eigenvalue weighted by atomic mass is 10.0. The quantitative estimate of drug-likeness (QED) is 0.526. The van der Waals surface area contributed by atoms with E-state index in [1.54, 1.807) is 0 Å². The van der Waals surface area contributed by atoms with E-state index in [1.165, 1.54) is 0 Å². The Bertz CT molecular complexity index is 548. The van der Waals surface area contributed by atoms with Crippen molar-refractivity contribution in [2.45, 2.75) is 26.3 Å². The molecule has 0 saturated heterocycles. The van der Waals surface area contributed by atoms with Gasteiger partial charge in [-0.2, -0.15) is 0 Å². The molecule has 0 fully saturated rings. The minimum atomic E-state index is -1.52. The number of anilines is 1. The number of carbonyl (C=O) groups is 1. The van der Waals surface area contributed by atoms with Crippen molar-refractivity contribution in [3.8, 4) is 0 Å². The van der Waals surface area contributed by atoms with Crippen molar-refractivity contribution >= 4 is 17.3 Å². The highest BCUT2D eigenvalue weighted by Gasteiger charge is 2.23. The molecule has 1 rings (SSSR count). The second-order valence-electron chi connectivity index (χ2n) is 5.06. The van der Waals surface area contributed by atoms with Crippen LogP contribution in [0.5, 0.6) is 0 Å². The molecule has 0 spiro atoms. The number of nitrogens with zero attached hydrogens (tertiary/aromatic N) is 1. The fourth-order valence-corrected chi connectivity index (χ4v) is 1.96. The number of rotatable bonds is 7. The van der Waals surface area contributed by atoms with Gasteiger partial charge in [0.25, 0.3) is 5.69 Å². The van der Waals surface area contributed by atoms with Gasteiger partial charge >= 0.3 is 5.97 Å². The molecule has 0 aliphatic rings. The monoisotopic (exact) mass is 300 g/mol. The van der Waals surface area contributed by atoms with Crippen molar-refractivity contribution in [3.63, 3.8) is 0 Å². The van der Waals surface area contributed by atoms with Crippen molar-refractivity contribution in [2.75, 3.05) is 11.9 Å². The number of hydrogen-bond acceptors (Lipinski definition) is 5. The van der Waals surface area contributed by atoms with E-state index in [9.17, 15) is 24.4 Å². The predicted octanol–water partition coefficient (Wildman–Crippen LogP) is 2.25. The van der Waals surface area contributed by atoms with Crippen LogP contribution in [0, 0.1) is 21.8 Å². The summed E-state index contributed by atoms with van der Waals surface area (Å²) >= 11 is 0. The van der Waals surface area contributed by atoms with E-state index in [4.69, 9.17) is 5.11 Å². The summed E-state index contributed by atoms with van der Waals surface area (Å²) in [6, 6.07) is 0.949. The number of nitro groups is 1. The topological polar surface area (TPSA) is 113 Å². The number of carboxylic acids is 1. The fraction of sp³-hybridized carbons (Fsp3) is 0.462. The van der Waals surface area contributed by atoms with Gasteiger partial charge < -0.3 is 15.5 Å². The Kier molecular flexibility index (Phi) is 5.60. The lowest BCUT2D eigenvalue weighted by Crippen LogP contribution is -2.26. The Hall–Kier alpha value is -2.22. The summed E-state index contributed by atoms with van der Waals surface area (Å²) in [6.07, 6.45) is 0.521. The van der Waals surface area contributed by atoms with Crippen molar-refractivity contribution in [1.82, 2.24) is 0 Å². The van der Waals surface area contributed by atoms with Gasteiger partial charge in [0.1, 0.15) is 11.5 Å². The number of aromatic carboxylic acids is 1. The zero-order valence-corrected chi connectivity index (χ0v) is 11.7. The van der Waals surface area contributed by atoms with E-state index in [0.29, 0.717) is 12.5 Å². The van der Waals surface area contributed by atoms with Gasteiger partial charge in [-0.15, -0.1) is 0 Å². The summed E-state index contributed by atoms with van der Waals surface area (Å²) < 4.78 is 13.5. The lowest BCUT2D eigenvalue weighted by molar-refractivity contribution is -0.384. The van der Waals surface area contributed by atoms with Gasteiger partial charge in [0.05, 0.1) is 23.2 Å². The van der Waals surface area contributed by atoms with Gasteiger partial charge in [0.15, 0.2) is 0 Å². The lowest BCUT2D eigenvalue weighted by Gasteiger charge is -2.19. The first-order valence-corrected chi connectivity index (χ1v) is 6.34. The Morgan fingerprint density at radius 2 is 2.10 bits per heavy atom. The zero-order chi connectivity index (χ0) is 16.2. The SMILES string of the molecule is CC(C)CC(CO)Nc1cc(C(=O)O)c(F)cc1[N+](=O)[O-]. The minimum Gasteiger partial charge on any atom is -0.478 e. The van der Waals surface area contributed by atoms with Crippen LogP contribution in [-0.4, -0.2) is 33.8 Å². The van der Waals surface area contributed by atoms with Crippen LogP contribution in [0.15, 0.2) is 12.1 Å². The molecular formula is C13H17FN2O5. The van der Waals surface area contributed by atoms with E-state index in [2.05, 4.69) is 5.32 Å². The maximum absolute atomic E-state index is 13.5. The molecule has 7 nitrogen and oxygen atoms in total. The summed E-state index contributed by atoms with van der Waals surface area (Å²) in [5.41, 5.74) is -1.36. The van der Waals surface area contributed by atoms with Gasteiger partial charge in [-0.1, -0.05) is 13.8 Å². The Balaban J connectivity index is 3.21. The Morgan fingerprint density at radius 3 is 2.52 bits per heavy atom. The van der Waals surface area contributed by atoms with E-state index in [0.717, 1.165) is 6.07 Å². The van der Waals surface area contributed by atoms with Crippen molar-refractivity contribution in [1.29, 1.82) is 0 Å². The van der Waals surface area contributed by atoms with Crippen LogP contribution in [0.4, 0.5) is 15.8 Å². The number of aliphatic hydroxyl groups is 1. The van der Waals surface area contributed by atoms with Crippen LogP contribution in [0.25, 0.3) is 0 Å². The highest BCUT2D eigenvalue weighted by molar-refractivity contribution is 5.90. The molecule has 8 heteroatoms. The molecule has 0 radical (unpaired) electrons. The first kappa shape index (κ1) is 16.8. The Labute approximate surface area is 120 Å². The summed E-state index contributed by atoms with van der Waals surface area (Å²) in [7, 11) is 0. The average Bonchev–Trinajstić information content (AvgIpc) is 2.38. The highest BCUT2D eigenvalue weighted by atomic mass is 19.1. The third-order valence-electron chi connectivity index (χ3n) is 2.85. The van der Waals surface area contributed by atoms with Crippen molar-refractivity contribution in [3.05, 3.63) is 33.6 Å². The molecule has 0 bridgehead atoms. The smallest absolute Gasteiger partial charge is 0.338 e. The molecule has 0 heterocycles. The third kappa shape index (κ3) is 4.38. The zero-order valence-electron chi connectivity index (χ0n) is 11.7. The first-order valence-electron chi connectivity index (χ1n) is 6.34. The molecule has 0 aliphatic carbocycles. The summed E-state index contributed by atoms with van der Waals surface area (Å²) in [5.74, 6) is -2.48. The number of halogens is 1. The fourth-order valence-electron chi connectivity index (χ4n) is 1.96. The van der Waals surface area contributed by atoms with Gasteiger partial charge in [-0.3, -0.25) is 10.1 Å². The molecule has 1 aromatic carbocycles. The number of hydrogen-bond donors (Lipinski definition) is 3. The molecule has 0 aromatic heterocycles. The standard InChI is InChI=1S/C13H17FN2O5/c1-7(2)3-8(6-17)15-11-4-9(13(18)19)10(14)5-12(11)16(20)21/h4-5,7-8,15,17H,3,6H2,1-2H3,(H,18,19). The van der Waals surface area contributed by atoms with Crippen molar-refractivity contribution < 1.29 is 24.3 Å². The second kappa shape index (κ2) is 6.98. The maximum Gasteiger partial charge on any atom is 0.338 e. The van der Waals surface area contributed by atoms with E-state index in [1.807, 2.05) is 13.8 Å². The molecule has 3 N–H and O–H groups in total. The largest absolute Gasteiger partial charge is 0.478 e. The average molecular weight is 300 g/mol. The van der Waals surface area contributed by atoms with Crippen LogP contribution < -0.4 is 5.32 Å². The van der Waals surface area contributed by atoms with Crippen molar-refractivity contribution in [2.24, 2.45) is 5.92 Å². The summed E-state index contributed by atoms with van der Waals surface area (Å²) in [4.78, 5) is 21.0. The number of benzene rings is 1. The van der Waals surface area contributed by atoms with Crippen LogP contribution in [0.3, 0.4) is 0 Å². The summed E-state index contributed by atoms with van der Waals surface area (Å²) in [6.45, 7) is 3.54. The molecule has 1 unspecified atom stereocenters. The van der Waals surface area contributed by atoms with Gasteiger partial charge in [0, 0.05) is 6.04 Å². The highest BCUT2D eigenvalue weighted by Crippen LogP contribution is 2.29. The first-order chi connectivity index (χ1) is 9.76. The second-order valence-corrected chi connectivity index (χ2v) is 5.06. The van der Waals surface area contributed by atoms with E-state index in [-0.39, 0.29) is 18.2 Å². The molecule has 1 atom stereocenters. The predicted molar refractivity (Wildman–Crippen MR) is 74.0 cm³/mol. The number of nitrogens with one attached hydrogen (secondary N) is 1. The number of nitro benzene ring substituents is 1. The van der Waals surface area contributed by atoms with Crippen LogP contribution in [0.1, 0.15) is 30.6 Å². The Morgan fingerprint density at radius 1 is 1.48 bits per heavy atom. The molecule has 21 heavy (non-hydrogen) atoms. The molecular weight excluding hydrogens is 283 g/mol.